The van der Waals surface area contributed by atoms with Gasteiger partial charge in [-0.3, -0.25) is 4.79 Å². The van der Waals surface area contributed by atoms with Gasteiger partial charge < -0.3 is 16.0 Å². The van der Waals surface area contributed by atoms with E-state index in [1.54, 1.807) is 0 Å². The predicted molar refractivity (Wildman–Crippen MR) is 90.3 cm³/mol. The molecule has 0 unspecified atom stereocenters. The third kappa shape index (κ3) is 4.09. The molecule has 0 aliphatic carbocycles. The maximum atomic E-state index is 12.8. The number of sulfone groups is 1. The van der Waals surface area contributed by atoms with Gasteiger partial charge in [0.05, 0.1) is 23.1 Å². The van der Waals surface area contributed by atoms with Crippen LogP contribution in [0.5, 0.6) is 0 Å². The number of unbranched alkanes of at least 4 members (excludes halogenated alkanes) is 1. The molecule has 2 saturated heterocycles. The van der Waals surface area contributed by atoms with Gasteiger partial charge in [-0.25, -0.2) is 17.6 Å². The number of anilines is 1. The highest BCUT2D eigenvalue weighted by Gasteiger charge is 2.51. The highest BCUT2D eigenvalue weighted by atomic mass is 32.2. The number of urea groups is 1. The molecule has 2 aliphatic heterocycles. The number of carbonyl (C=O) groups excluding carboxylic acids is 2. The van der Waals surface area contributed by atoms with E-state index >= 15 is 0 Å². The largest absolute Gasteiger partial charge is 0.332 e. The Bertz CT molecular complexity index is 766. The van der Waals surface area contributed by atoms with Crippen LogP contribution in [0.3, 0.4) is 0 Å². The number of hydrogen-bond donors (Lipinski definition) is 3. The highest BCUT2D eigenvalue weighted by molar-refractivity contribution is 7.92. The molecule has 0 radical (unpaired) electrons. The first-order valence-corrected chi connectivity index (χ1v) is 9.91. The lowest BCUT2D eigenvalue weighted by Crippen LogP contribution is -2.39. The zero-order valence-corrected chi connectivity index (χ0v) is 14.3. The second-order valence-electron chi connectivity index (χ2n) is 6.42. The van der Waals surface area contributed by atoms with E-state index in [0.717, 1.165) is 0 Å². The van der Waals surface area contributed by atoms with Gasteiger partial charge in [-0.15, -0.1) is 0 Å². The van der Waals surface area contributed by atoms with Crippen LogP contribution < -0.4 is 16.0 Å². The predicted octanol–water partition coefficient (Wildman–Crippen LogP) is 1.17. The minimum Gasteiger partial charge on any atom is -0.332 e. The van der Waals surface area contributed by atoms with Gasteiger partial charge in [0, 0.05) is 12.1 Å². The van der Waals surface area contributed by atoms with Crippen LogP contribution in [-0.2, 0) is 14.6 Å². The molecule has 3 amide bonds. The number of carbonyl (C=O) groups is 2. The molecule has 0 aromatic heterocycles. The molecule has 2 heterocycles. The van der Waals surface area contributed by atoms with Crippen LogP contribution in [0.2, 0.25) is 0 Å². The SMILES string of the molecule is O=C(CCCC[C@@H]1[C@H]2NC(=O)N[C@H]2CS1(=O)=O)Nc1ccc(F)cc1. The normalized spacial score (nSPS) is 26.6. The molecule has 9 heteroatoms. The van der Waals surface area contributed by atoms with E-state index in [1.165, 1.54) is 24.3 Å². The summed E-state index contributed by atoms with van der Waals surface area (Å²) in [4.78, 5) is 23.2. The van der Waals surface area contributed by atoms with E-state index in [9.17, 15) is 22.4 Å². The zero-order chi connectivity index (χ0) is 18.0. The van der Waals surface area contributed by atoms with Crippen LogP contribution in [0.1, 0.15) is 25.7 Å². The molecule has 3 atom stereocenters. The summed E-state index contributed by atoms with van der Waals surface area (Å²) >= 11 is 0. The molecule has 7 nitrogen and oxygen atoms in total. The van der Waals surface area contributed by atoms with Gasteiger partial charge in [0.15, 0.2) is 9.84 Å². The lowest BCUT2D eigenvalue weighted by atomic mass is 10.0. The summed E-state index contributed by atoms with van der Waals surface area (Å²) in [6.07, 6.45) is 1.77. The second-order valence-corrected chi connectivity index (χ2v) is 8.68. The fraction of sp³-hybridized carbons (Fsp3) is 0.500. The van der Waals surface area contributed by atoms with E-state index in [-0.39, 0.29) is 42.0 Å². The number of benzene rings is 1. The van der Waals surface area contributed by atoms with Crippen LogP contribution >= 0.6 is 0 Å². The molecule has 0 spiro atoms. The van der Waals surface area contributed by atoms with E-state index < -0.39 is 15.1 Å². The van der Waals surface area contributed by atoms with Crippen LogP contribution in [-0.4, -0.2) is 43.4 Å². The van der Waals surface area contributed by atoms with Crippen molar-refractivity contribution < 1.29 is 22.4 Å². The van der Waals surface area contributed by atoms with Crippen molar-refractivity contribution in [3.8, 4) is 0 Å². The maximum Gasteiger partial charge on any atom is 0.315 e. The number of fused-ring (bicyclic) bond motifs is 1. The van der Waals surface area contributed by atoms with Gasteiger partial charge in [-0.2, -0.15) is 0 Å². The number of rotatable bonds is 6. The first-order valence-electron chi connectivity index (χ1n) is 8.19. The zero-order valence-electron chi connectivity index (χ0n) is 13.5. The first-order chi connectivity index (χ1) is 11.8. The monoisotopic (exact) mass is 369 g/mol. The van der Waals surface area contributed by atoms with Gasteiger partial charge in [0.2, 0.25) is 5.91 Å². The van der Waals surface area contributed by atoms with Crippen molar-refractivity contribution in [1.29, 1.82) is 0 Å². The Hall–Kier alpha value is -2.16. The summed E-state index contributed by atoms with van der Waals surface area (Å²) in [6.45, 7) is 0. The van der Waals surface area contributed by atoms with Gasteiger partial charge in [0.25, 0.3) is 0 Å². The molecule has 2 fully saturated rings. The quantitative estimate of drug-likeness (QED) is 0.517. The van der Waals surface area contributed by atoms with E-state index in [0.29, 0.717) is 24.9 Å². The minimum atomic E-state index is -3.24. The average Bonchev–Trinajstić information content (AvgIpc) is 2.98. The number of amides is 3. The Kier molecular flexibility index (Phi) is 4.94. The molecule has 0 saturated carbocycles. The van der Waals surface area contributed by atoms with Crippen LogP contribution in [0.15, 0.2) is 24.3 Å². The third-order valence-corrected chi connectivity index (χ3v) is 6.87. The highest BCUT2D eigenvalue weighted by Crippen LogP contribution is 2.28. The molecular formula is C16H20FN3O4S. The van der Waals surface area contributed by atoms with Crippen molar-refractivity contribution in [3.05, 3.63) is 30.1 Å². The smallest absolute Gasteiger partial charge is 0.315 e. The topological polar surface area (TPSA) is 104 Å². The molecule has 0 bridgehead atoms. The summed E-state index contributed by atoms with van der Waals surface area (Å²) in [5.74, 6) is -0.608. The third-order valence-electron chi connectivity index (χ3n) is 4.59. The van der Waals surface area contributed by atoms with Crippen molar-refractivity contribution in [2.45, 2.75) is 43.0 Å². The molecule has 136 valence electrons. The molecule has 3 rings (SSSR count). The van der Waals surface area contributed by atoms with Crippen molar-refractivity contribution in [2.24, 2.45) is 0 Å². The second kappa shape index (κ2) is 6.99. The fourth-order valence-electron chi connectivity index (χ4n) is 3.39. The lowest BCUT2D eigenvalue weighted by molar-refractivity contribution is -0.116. The molecular weight excluding hydrogens is 349 g/mol. The van der Waals surface area contributed by atoms with E-state index in [4.69, 9.17) is 0 Å². The molecule has 2 aliphatic rings. The van der Waals surface area contributed by atoms with Crippen molar-refractivity contribution in [2.75, 3.05) is 11.1 Å². The standard InChI is InChI=1S/C16H20FN3O4S/c17-10-5-7-11(8-6-10)18-14(21)4-2-1-3-13-15-12(9-25(13,23)24)19-16(22)20-15/h5-8,12-13,15H,1-4,9H2,(H,18,21)(H2,19,20,22)/t12-,13+,15-/m0/s1. The van der Waals surface area contributed by atoms with Gasteiger partial charge in [0.1, 0.15) is 5.82 Å². The Balaban J connectivity index is 1.44. The average molecular weight is 369 g/mol. The van der Waals surface area contributed by atoms with Crippen molar-refractivity contribution in [3.63, 3.8) is 0 Å². The van der Waals surface area contributed by atoms with Gasteiger partial charge in [-0.05, 0) is 37.1 Å². The number of nitrogens with one attached hydrogen (secondary N) is 3. The maximum absolute atomic E-state index is 12.8. The number of halogens is 1. The molecule has 1 aromatic carbocycles. The van der Waals surface area contributed by atoms with Crippen molar-refractivity contribution >= 4 is 27.5 Å². The summed E-state index contributed by atoms with van der Waals surface area (Å²) in [7, 11) is -3.24. The van der Waals surface area contributed by atoms with Crippen LogP contribution in [0.25, 0.3) is 0 Å². The van der Waals surface area contributed by atoms with Crippen LogP contribution in [0, 0.1) is 5.82 Å². The van der Waals surface area contributed by atoms with Crippen LogP contribution in [0.4, 0.5) is 14.9 Å². The van der Waals surface area contributed by atoms with E-state index in [2.05, 4.69) is 16.0 Å². The summed E-state index contributed by atoms with van der Waals surface area (Å²) in [6, 6.07) is 4.42. The van der Waals surface area contributed by atoms with E-state index in [1.807, 2.05) is 0 Å². The number of hydrogen-bond acceptors (Lipinski definition) is 4. The molecule has 1 aromatic rings. The molecule has 25 heavy (non-hydrogen) atoms. The first kappa shape index (κ1) is 17.7. The Morgan fingerprint density at radius 3 is 2.64 bits per heavy atom. The fourth-order valence-corrected chi connectivity index (χ4v) is 5.66. The molecule has 3 N–H and O–H groups in total. The summed E-state index contributed by atoms with van der Waals surface area (Å²) < 4.78 is 37.2. The Morgan fingerprint density at radius 1 is 1.20 bits per heavy atom. The minimum absolute atomic E-state index is 0.0356. The van der Waals surface area contributed by atoms with Gasteiger partial charge >= 0.3 is 6.03 Å². The Morgan fingerprint density at radius 2 is 1.92 bits per heavy atom. The lowest BCUT2D eigenvalue weighted by Gasteiger charge is -2.16. The summed E-state index contributed by atoms with van der Waals surface area (Å²) in [5, 5.41) is 7.36. The Labute approximate surface area is 145 Å². The van der Waals surface area contributed by atoms with Gasteiger partial charge in [-0.1, -0.05) is 6.42 Å². The van der Waals surface area contributed by atoms with Crippen molar-refractivity contribution in [1.82, 2.24) is 10.6 Å². The summed E-state index contributed by atoms with van der Waals surface area (Å²) in [5.41, 5.74) is 0.521.